The molecule has 2 heteroatoms. The average molecular weight is 296 g/mol. The van der Waals surface area contributed by atoms with Crippen LogP contribution in [0.2, 0.25) is 0 Å². The Labute approximate surface area is 131 Å². The Hall–Kier alpha value is -0.0800. The molecule has 2 rings (SSSR count). The van der Waals surface area contributed by atoms with Crippen LogP contribution < -0.4 is 5.73 Å². The van der Waals surface area contributed by atoms with Crippen molar-refractivity contribution >= 4 is 0 Å². The van der Waals surface area contributed by atoms with Crippen molar-refractivity contribution in [3.8, 4) is 0 Å². The van der Waals surface area contributed by atoms with E-state index in [0.29, 0.717) is 12.0 Å². The summed E-state index contributed by atoms with van der Waals surface area (Å²) in [7, 11) is 0. The first-order valence-corrected chi connectivity index (χ1v) is 9.25. The molecule has 0 radical (unpaired) electrons. The lowest BCUT2D eigenvalue weighted by Gasteiger charge is -2.46. The quantitative estimate of drug-likeness (QED) is 0.802. The first kappa shape index (κ1) is 17.3. The summed E-state index contributed by atoms with van der Waals surface area (Å²) in [5, 5.41) is 10.9. The summed E-state index contributed by atoms with van der Waals surface area (Å²) in [6, 6.07) is 0. The van der Waals surface area contributed by atoms with E-state index in [9.17, 15) is 5.11 Å². The van der Waals surface area contributed by atoms with Gasteiger partial charge in [-0.1, -0.05) is 52.9 Å². The van der Waals surface area contributed by atoms with E-state index in [2.05, 4.69) is 20.8 Å². The highest BCUT2D eigenvalue weighted by Gasteiger charge is 2.43. The zero-order valence-electron chi connectivity index (χ0n) is 14.5. The van der Waals surface area contributed by atoms with Gasteiger partial charge in [0.1, 0.15) is 0 Å². The number of aliphatic hydroxyl groups is 1. The molecule has 0 spiro atoms. The molecule has 0 aromatic carbocycles. The number of nitrogens with two attached hydrogens (primary N) is 1. The summed E-state index contributed by atoms with van der Waals surface area (Å²) in [6.07, 6.45) is 12.3. The van der Waals surface area contributed by atoms with Gasteiger partial charge >= 0.3 is 0 Å². The molecule has 0 saturated heterocycles. The molecule has 0 aromatic rings. The molecule has 2 fully saturated rings. The molecule has 1 unspecified atom stereocenters. The van der Waals surface area contributed by atoms with Crippen molar-refractivity contribution in [3.05, 3.63) is 0 Å². The van der Waals surface area contributed by atoms with Crippen molar-refractivity contribution in [2.75, 3.05) is 6.54 Å². The van der Waals surface area contributed by atoms with Crippen LogP contribution in [0.4, 0.5) is 0 Å². The predicted octanol–water partition coefficient (Wildman–Crippen LogP) is 4.50. The number of hydrogen-bond donors (Lipinski definition) is 2. The zero-order valence-corrected chi connectivity index (χ0v) is 14.5. The van der Waals surface area contributed by atoms with Crippen LogP contribution in [0, 0.1) is 22.7 Å². The molecule has 0 aromatic heterocycles. The topological polar surface area (TPSA) is 46.2 Å². The summed E-state index contributed by atoms with van der Waals surface area (Å²) >= 11 is 0. The highest BCUT2D eigenvalue weighted by Crippen LogP contribution is 2.48. The maximum Gasteiger partial charge on any atom is 0.0611 e. The fraction of sp³-hybridized carbons (Fsp3) is 1.00. The third kappa shape index (κ3) is 4.22. The van der Waals surface area contributed by atoms with E-state index in [4.69, 9.17) is 5.73 Å². The zero-order chi connectivity index (χ0) is 15.5. The van der Waals surface area contributed by atoms with Gasteiger partial charge in [-0.15, -0.1) is 0 Å². The summed E-state index contributed by atoms with van der Waals surface area (Å²) in [4.78, 5) is 0. The van der Waals surface area contributed by atoms with Crippen molar-refractivity contribution in [3.63, 3.8) is 0 Å². The molecule has 21 heavy (non-hydrogen) atoms. The maximum absolute atomic E-state index is 10.9. The molecule has 2 saturated carbocycles. The van der Waals surface area contributed by atoms with Crippen LogP contribution in [0.3, 0.4) is 0 Å². The Balaban J connectivity index is 1.92. The van der Waals surface area contributed by atoms with E-state index in [-0.39, 0.29) is 11.5 Å². The second-order valence-electron chi connectivity index (χ2n) is 8.96. The van der Waals surface area contributed by atoms with Crippen molar-refractivity contribution in [1.29, 1.82) is 0 Å². The van der Waals surface area contributed by atoms with Crippen LogP contribution in [0.1, 0.15) is 85.0 Å². The third-order valence-corrected chi connectivity index (χ3v) is 6.60. The van der Waals surface area contributed by atoms with Crippen molar-refractivity contribution in [1.82, 2.24) is 0 Å². The van der Waals surface area contributed by atoms with Gasteiger partial charge in [-0.25, -0.2) is 0 Å². The number of aliphatic hydroxyl groups excluding tert-OH is 1. The first-order valence-electron chi connectivity index (χ1n) is 9.25. The Morgan fingerprint density at radius 2 is 1.62 bits per heavy atom. The lowest BCUT2D eigenvalue weighted by atomic mass is 9.61. The molecule has 2 nitrogen and oxygen atoms in total. The molecule has 2 aliphatic rings. The van der Waals surface area contributed by atoms with Gasteiger partial charge in [0, 0.05) is 12.0 Å². The molecule has 0 amide bonds. The largest absolute Gasteiger partial charge is 0.392 e. The van der Waals surface area contributed by atoms with Gasteiger partial charge in [-0.3, -0.25) is 0 Å². The lowest BCUT2D eigenvalue weighted by Crippen LogP contribution is -2.46. The van der Waals surface area contributed by atoms with Gasteiger partial charge in [0.2, 0.25) is 0 Å². The van der Waals surface area contributed by atoms with Gasteiger partial charge in [-0.2, -0.15) is 0 Å². The molecule has 0 heterocycles. The average Bonchev–Trinajstić information content (AvgIpc) is 2.47. The van der Waals surface area contributed by atoms with Crippen LogP contribution in [-0.4, -0.2) is 17.8 Å². The molecule has 0 bridgehead atoms. The molecule has 1 atom stereocenters. The lowest BCUT2D eigenvalue weighted by molar-refractivity contribution is -0.0359. The molecular weight excluding hydrogens is 258 g/mol. The molecule has 3 N–H and O–H groups in total. The summed E-state index contributed by atoms with van der Waals surface area (Å²) in [6.45, 7) is 7.72. The van der Waals surface area contributed by atoms with Gasteiger partial charge in [-0.05, 0) is 49.4 Å². The monoisotopic (exact) mass is 295 g/mol. The van der Waals surface area contributed by atoms with Crippen LogP contribution in [0.15, 0.2) is 0 Å². The highest BCUT2D eigenvalue weighted by atomic mass is 16.3. The molecule has 124 valence electrons. The Kier molecular flexibility index (Phi) is 5.76. The Morgan fingerprint density at radius 1 is 1.05 bits per heavy atom. The van der Waals surface area contributed by atoms with Crippen LogP contribution >= 0.6 is 0 Å². The molecular formula is C19H37NO. The number of rotatable bonds is 4. The summed E-state index contributed by atoms with van der Waals surface area (Å²) in [5.74, 6) is 1.54. The number of hydrogen-bond acceptors (Lipinski definition) is 2. The van der Waals surface area contributed by atoms with E-state index in [1.165, 1.54) is 44.9 Å². The van der Waals surface area contributed by atoms with Crippen LogP contribution in [0.5, 0.6) is 0 Å². The minimum absolute atomic E-state index is 0.0131. The highest BCUT2D eigenvalue weighted by molar-refractivity contribution is 4.95. The maximum atomic E-state index is 10.9. The fourth-order valence-corrected chi connectivity index (χ4v) is 4.72. The minimum Gasteiger partial charge on any atom is -0.392 e. The SMILES string of the molecule is CC(C)(C)C1CCC(CN)(C(O)CC2CCCCC2)CC1. The predicted molar refractivity (Wildman–Crippen MR) is 90.1 cm³/mol. The van der Waals surface area contributed by atoms with Gasteiger partial charge in [0.05, 0.1) is 6.10 Å². The third-order valence-electron chi connectivity index (χ3n) is 6.60. The minimum atomic E-state index is -0.175. The van der Waals surface area contributed by atoms with Crippen LogP contribution in [-0.2, 0) is 0 Å². The van der Waals surface area contributed by atoms with Crippen LogP contribution in [0.25, 0.3) is 0 Å². The van der Waals surface area contributed by atoms with Crippen molar-refractivity contribution < 1.29 is 5.11 Å². The molecule has 0 aliphatic heterocycles. The van der Waals surface area contributed by atoms with Gasteiger partial charge in [0.25, 0.3) is 0 Å². The van der Waals surface area contributed by atoms with Gasteiger partial charge < -0.3 is 10.8 Å². The van der Waals surface area contributed by atoms with Crippen molar-refractivity contribution in [2.45, 2.75) is 91.1 Å². The standard InChI is InChI=1S/C19H37NO/c1-18(2,3)16-9-11-19(14-20,12-10-16)17(21)13-15-7-5-4-6-8-15/h15-17,21H,4-14,20H2,1-3H3. The smallest absolute Gasteiger partial charge is 0.0611 e. The normalized spacial score (nSPS) is 33.9. The van der Waals surface area contributed by atoms with E-state index < -0.39 is 0 Å². The Bertz CT molecular complexity index is 306. The summed E-state index contributed by atoms with van der Waals surface area (Å²) < 4.78 is 0. The molecule has 2 aliphatic carbocycles. The summed E-state index contributed by atoms with van der Waals surface area (Å²) in [5.41, 5.74) is 6.55. The van der Waals surface area contributed by atoms with E-state index in [1.54, 1.807) is 0 Å². The van der Waals surface area contributed by atoms with Crippen molar-refractivity contribution in [2.24, 2.45) is 28.4 Å². The van der Waals surface area contributed by atoms with E-state index >= 15 is 0 Å². The Morgan fingerprint density at radius 3 is 2.10 bits per heavy atom. The van der Waals surface area contributed by atoms with Gasteiger partial charge in [0.15, 0.2) is 0 Å². The fourth-order valence-electron chi connectivity index (χ4n) is 4.72. The second-order valence-corrected chi connectivity index (χ2v) is 8.96. The first-order chi connectivity index (χ1) is 9.87. The van der Waals surface area contributed by atoms with E-state index in [1.807, 2.05) is 0 Å². The second kappa shape index (κ2) is 7.00. The van der Waals surface area contributed by atoms with E-state index in [0.717, 1.165) is 31.1 Å².